The summed E-state index contributed by atoms with van der Waals surface area (Å²) in [5, 5.41) is 22.5. The van der Waals surface area contributed by atoms with Crippen molar-refractivity contribution in [3.05, 3.63) is 0 Å². The second-order valence-electron chi connectivity index (χ2n) is 4.62. The highest BCUT2D eigenvalue weighted by atomic mass is 16.5. The Morgan fingerprint density at radius 1 is 1.32 bits per heavy atom. The van der Waals surface area contributed by atoms with Crippen LogP contribution in [0.15, 0.2) is 0 Å². The molecule has 0 spiro atoms. The Bertz CT molecular complexity index is 305. The van der Waals surface area contributed by atoms with E-state index in [0.717, 1.165) is 0 Å². The van der Waals surface area contributed by atoms with Crippen LogP contribution in [-0.2, 0) is 19.1 Å². The molecule has 1 amide bonds. The van der Waals surface area contributed by atoms with Crippen LogP contribution in [-0.4, -0.2) is 66.6 Å². The molecule has 0 saturated heterocycles. The van der Waals surface area contributed by atoms with Gasteiger partial charge in [-0.15, -0.1) is 0 Å². The van der Waals surface area contributed by atoms with Crippen molar-refractivity contribution in [3.8, 4) is 0 Å². The first-order valence-corrected chi connectivity index (χ1v) is 5.94. The first-order chi connectivity index (χ1) is 8.72. The first kappa shape index (κ1) is 18.0. The molecule has 0 heterocycles. The van der Waals surface area contributed by atoms with Crippen molar-refractivity contribution < 1.29 is 29.3 Å². The quantitative estimate of drug-likeness (QED) is 0.484. The molecule has 0 aliphatic rings. The van der Waals surface area contributed by atoms with Gasteiger partial charge in [0.15, 0.2) is 6.29 Å². The Balaban J connectivity index is 5.10. The van der Waals surface area contributed by atoms with Gasteiger partial charge in [-0.25, -0.2) is 0 Å². The Kier molecular flexibility index (Phi) is 7.14. The maximum absolute atomic E-state index is 11.7. The van der Waals surface area contributed by atoms with Gasteiger partial charge in [-0.05, 0) is 20.8 Å². The topological polar surface area (TPSA) is 105 Å². The Morgan fingerprint density at radius 3 is 2.16 bits per heavy atom. The lowest BCUT2D eigenvalue weighted by atomic mass is 9.87. The molecule has 5 atom stereocenters. The average molecular weight is 277 g/mol. The van der Waals surface area contributed by atoms with E-state index in [9.17, 15) is 19.8 Å². The van der Waals surface area contributed by atoms with Crippen LogP contribution in [0.2, 0.25) is 0 Å². The largest absolute Gasteiger partial charge is 0.391 e. The van der Waals surface area contributed by atoms with Crippen LogP contribution < -0.4 is 5.32 Å². The van der Waals surface area contributed by atoms with Gasteiger partial charge in [0.25, 0.3) is 0 Å². The summed E-state index contributed by atoms with van der Waals surface area (Å²) in [5.74, 6) is -0.505. The maximum Gasteiger partial charge on any atom is 0.249 e. The summed E-state index contributed by atoms with van der Waals surface area (Å²) in [6.45, 7) is 4.23. The van der Waals surface area contributed by atoms with Gasteiger partial charge in [-0.2, -0.15) is 0 Å². The molecule has 0 rings (SSSR count). The van der Waals surface area contributed by atoms with Crippen molar-refractivity contribution in [3.63, 3.8) is 0 Å². The van der Waals surface area contributed by atoms with Crippen LogP contribution in [0, 0.1) is 0 Å². The fourth-order valence-corrected chi connectivity index (χ4v) is 1.74. The molecule has 19 heavy (non-hydrogen) atoms. The van der Waals surface area contributed by atoms with Gasteiger partial charge in [0.2, 0.25) is 5.91 Å². The Labute approximate surface area is 112 Å². The lowest BCUT2D eigenvalue weighted by Crippen LogP contribution is -2.63. The number of ether oxygens (including phenoxy) is 2. The molecule has 0 aromatic heterocycles. The molecule has 0 aromatic carbocycles. The number of carbonyl (C=O) groups is 2. The molecule has 0 aliphatic heterocycles. The van der Waals surface area contributed by atoms with Gasteiger partial charge in [-0.1, -0.05) is 0 Å². The van der Waals surface area contributed by atoms with Gasteiger partial charge in [0.05, 0.1) is 12.1 Å². The van der Waals surface area contributed by atoms with Crippen molar-refractivity contribution in [1.29, 1.82) is 0 Å². The number of aliphatic hydroxyl groups is 2. The molecule has 7 nitrogen and oxygen atoms in total. The number of carbonyl (C=O) groups excluding carboxylic acids is 2. The molecule has 0 bridgehead atoms. The van der Waals surface area contributed by atoms with E-state index in [2.05, 4.69) is 5.32 Å². The number of nitrogens with one attached hydrogen (secondary N) is 1. The van der Waals surface area contributed by atoms with E-state index in [4.69, 9.17) is 9.47 Å². The minimum Gasteiger partial charge on any atom is -0.391 e. The van der Waals surface area contributed by atoms with Crippen LogP contribution in [0.5, 0.6) is 0 Å². The third-order valence-electron chi connectivity index (χ3n) is 3.09. The Hall–Kier alpha value is -1.02. The number of rotatable bonds is 8. The molecule has 112 valence electrons. The van der Waals surface area contributed by atoms with Crippen molar-refractivity contribution in [2.45, 2.75) is 50.7 Å². The second kappa shape index (κ2) is 7.54. The zero-order valence-corrected chi connectivity index (χ0v) is 11.9. The summed E-state index contributed by atoms with van der Waals surface area (Å²) in [6, 6.07) is -1.08. The normalized spacial score (nSPS) is 20.8. The number of aliphatic hydroxyl groups excluding tert-OH is 1. The van der Waals surface area contributed by atoms with E-state index in [1.54, 1.807) is 0 Å². The molecule has 5 unspecified atom stereocenters. The Morgan fingerprint density at radius 2 is 1.84 bits per heavy atom. The van der Waals surface area contributed by atoms with Gasteiger partial charge in [-0.3, -0.25) is 4.79 Å². The highest BCUT2D eigenvalue weighted by Crippen LogP contribution is 2.19. The molecule has 0 fully saturated rings. The summed E-state index contributed by atoms with van der Waals surface area (Å²) in [6.07, 6.45) is -2.58. The standard InChI is InChI=1S/C12H23NO6/c1-7(15)10(13-11(16)8(2)18-4)12(3,17)9(6-14)19-5/h6-10,15,17H,1-5H3,(H,13,16). The van der Waals surface area contributed by atoms with Crippen molar-refractivity contribution >= 4 is 12.2 Å². The number of hydrogen-bond donors (Lipinski definition) is 3. The zero-order chi connectivity index (χ0) is 15.2. The van der Waals surface area contributed by atoms with Crippen molar-refractivity contribution in [2.75, 3.05) is 14.2 Å². The molecule has 0 radical (unpaired) electrons. The minimum absolute atomic E-state index is 0.418. The van der Waals surface area contributed by atoms with Crippen molar-refractivity contribution in [2.24, 2.45) is 0 Å². The molecule has 0 aliphatic carbocycles. The smallest absolute Gasteiger partial charge is 0.249 e. The summed E-state index contributed by atoms with van der Waals surface area (Å²) in [5.41, 5.74) is -1.76. The number of methoxy groups -OCH3 is 2. The zero-order valence-electron chi connectivity index (χ0n) is 11.9. The van der Waals surface area contributed by atoms with Crippen LogP contribution in [0.3, 0.4) is 0 Å². The molecular weight excluding hydrogens is 254 g/mol. The summed E-state index contributed by atoms with van der Waals surface area (Å²) in [7, 11) is 2.62. The lowest BCUT2D eigenvalue weighted by molar-refractivity contribution is -0.151. The molecule has 0 aromatic rings. The van der Waals surface area contributed by atoms with Gasteiger partial charge in [0.1, 0.15) is 17.8 Å². The van der Waals surface area contributed by atoms with Crippen LogP contribution in [0.1, 0.15) is 20.8 Å². The van der Waals surface area contributed by atoms with E-state index >= 15 is 0 Å². The van der Waals surface area contributed by atoms with E-state index in [1.165, 1.54) is 35.0 Å². The van der Waals surface area contributed by atoms with Gasteiger partial charge in [0, 0.05) is 14.2 Å². The fourth-order valence-electron chi connectivity index (χ4n) is 1.74. The summed E-state index contributed by atoms with van der Waals surface area (Å²) in [4.78, 5) is 22.6. The van der Waals surface area contributed by atoms with E-state index in [-0.39, 0.29) is 0 Å². The number of amides is 1. The predicted octanol–water partition coefficient (Wildman–Crippen LogP) is -1.15. The van der Waals surface area contributed by atoms with Gasteiger partial charge >= 0.3 is 0 Å². The van der Waals surface area contributed by atoms with Gasteiger partial charge < -0.3 is 29.8 Å². The molecular formula is C12H23NO6. The van der Waals surface area contributed by atoms with E-state index in [0.29, 0.717) is 6.29 Å². The number of hydrogen-bond acceptors (Lipinski definition) is 6. The molecule has 7 heteroatoms. The third kappa shape index (κ3) is 4.54. The van der Waals surface area contributed by atoms with Crippen molar-refractivity contribution in [1.82, 2.24) is 5.32 Å². The van der Waals surface area contributed by atoms with Crippen LogP contribution >= 0.6 is 0 Å². The first-order valence-electron chi connectivity index (χ1n) is 5.94. The summed E-state index contributed by atoms with van der Waals surface area (Å²) >= 11 is 0. The van der Waals surface area contributed by atoms with E-state index in [1.807, 2.05) is 0 Å². The van der Waals surface area contributed by atoms with Crippen LogP contribution in [0.4, 0.5) is 0 Å². The molecule has 3 N–H and O–H groups in total. The second-order valence-corrected chi connectivity index (χ2v) is 4.62. The number of aldehydes is 1. The minimum atomic E-state index is -1.76. The third-order valence-corrected chi connectivity index (χ3v) is 3.09. The highest BCUT2D eigenvalue weighted by Gasteiger charge is 2.43. The van der Waals surface area contributed by atoms with Crippen LogP contribution in [0.25, 0.3) is 0 Å². The lowest BCUT2D eigenvalue weighted by Gasteiger charge is -2.38. The SMILES string of the molecule is COC(C)C(=O)NC(C(C)O)C(C)(O)C(C=O)OC. The summed E-state index contributed by atoms with van der Waals surface area (Å²) < 4.78 is 9.69. The average Bonchev–Trinajstić information content (AvgIpc) is 2.34. The monoisotopic (exact) mass is 277 g/mol. The molecule has 0 saturated carbocycles. The van der Waals surface area contributed by atoms with E-state index < -0.39 is 35.9 Å². The maximum atomic E-state index is 11.7. The predicted molar refractivity (Wildman–Crippen MR) is 67.6 cm³/mol. The highest BCUT2D eigenvalue weighted by molar-refractivity contribution is 5.81. The fraction of sp³-hybridized carbons (Fsp3) is 0.833.